The molecule has 1 aromatic rings. The first-order chi connectivity index (χ1) is 8.75. The Hall–Kier alpha value is -0.910. The van der Waals surface area contributed by atoms with Crippen molar-refractivity contribution in [3.63, 3.8) is 0 Å². The van der Waals surface area contributed by atoms with Crippen molar-refractivity contribution in [1.29, 1.82) is 0 Å². The molecular formula is C13H17NO3S. The molecule has 0 radical (unpaired) electrons. The minimum Gasteiger partial charge on any atom is -0.384 e. The zero-order valence-corrected chi connectivity index (χ0v) is 11.2. The van der Waals surface area contributed by atoms with Gasteiger partial charge in [-0.3, -0.25) is 4.79 Å². The molecule has 0 N–H and O–H groups in total. The maximum Gasteiger partial charge on any atom is 0.264 e. The Morgan fingerprint density at radius 2 is 2.50 bits per heavy atom. The van der Waals surface area contributed by atoms with Crippen LogP contribution in [0.4, 0.5) is 0 Å². The number of methoxy groups -OCH3 is 1. The number of rotatable bonds is 3. The third kappa shape index (κ3) is 1.86. The van der Waals surface area contributed by atoms with Gasteiger partial charge in [-0.1, -0.05) is 6.07 Å². The van der Waals surface area contributed by atoms with Crippen molar-refractivity contribution < 1.29 is 14.3 Å². The van der Waals surface area contributed by atoms with Crippen LogP contribution in [0.5, 0.6) is 0 Å². The van der Waals surface area contributed by atoms with Crippen LogP contribution >= 0.6 is 11.3 Å². The number of hydrogen-bond donors (Lipinski definition) is 0. The van der Waals surface area contributed by atoms with E-state index in [1.54, 1.807) is 7.11 Å². The highest BCUT2D eigenvalue weighted by Crippen LogP contribution is 2.40. The van der Waals surface area contributed by atoms with E-state index in [2.05, 4.69) is 0 Å². The monoisotopic (exact) mass is 267 g/mol. The average molecular weight is 267 g/mol. The molecule has 3 heterocycles. The Morgan fingerprint density at radius 3 is 3.17 bits per heavy atom. The van der Waals surface area contributed by atoms with Gasteiger partial charge in [0, 0.05) is 19.6 Å². The molecule has 0 aliphatic carbocycles. The van der Waals surface area contributed by atoms with Gasteiger partial charge in [0.2, 0.25) is 0 Å². The summed E-state index contributed by atoms with van der Waals surface area (Å²) in [5, 5.41) is 1.93. The van der Waals surface area contributed by atoms with Gasteiger partial charge in [0.15, 0.2) is 0 Å². The van der Waals surface area contributed by atoms with Crippen LogP contribution in [0.15, 0.2) is 17.5 Å². The highest BCUT2D eigenvalue weighted by molar-refractivity contribution is 7.12. The fourth-order valence-electron chi connectivity index (χ4n) is 2.87. The van der Waals surface area contributed by atoms with E-state index in [4.69, 9.17) is 9.47 Å². The van der Waals surface area contributed by atoms with Gasteiger partial charge in [-0.05, 0) is 17.9 Å². The van der Waals surface area contributed by atoms with Crippen LogP contribution in [0.1, 0.15) is 16.1 Å². The lowest BCUT2D eigenvalue weighted by Gasteiger charge is -2.49. The zero-order valence-electron chi connectivity index (χ0n) is 10.4. The van der Waals surface area contributed by atoms with Crippen LogP contribution in [-0.2, 0) is 9.47 Å². The predicted octanol–water partition coefficient (Wildman–Crippen LogP) is 1.63. The van der Waals surface area contributed by atoms with Crippen LogP contribution in [0, 0.1) is 5.92 Å². The van der Waals surface area contributed by atoms with E-state index in [-0.39, 0.29) is 11.5 Å². The smallest absolute Gasteiger partial charge is 0.264 e. The molecule has 1 aromatic heterocycles. The second kappa shape index (κ2) is 4.64. The van der Waals surface area contributed by atoms with Crippen molar-refractivity contribution >= 4 is 17.2 Å². The van der Waals surface area contributed by atoms with Crippen molar-refractivity contribution in [3.8, 4) is 0 Å². The zero-order chi connectivity index (χ0) is 12.6. The van der Waals surface area contributed by atoms with Crippen molar-refractivity contribution in [2.45, 2.75) is 12.0 Å². The quantitative estimate of drug-likeness (QED) is 0.835. The topological polar surface area (TPSA) is 38.8 Å². The van der Waals surface area contributed by atoms with Gasteiger partial charge in [0.1, 0.15) is 5.60 Å². The summed E-state index contributed by atoms with van der Waals surface area (Å²) >= 11 is 1.49. The third-order valence-corrected chi connectivity index (χ3v) is 4.76. The number of carbonyl (C=O) groups is 1. The summed E-state index contributed by atoms with van der Waals surface area (Å²) in [5.41, 5.74) is -0.136. The predicted molar refractivity (Wildman–Crippen MR) is 68.9 cm³/mol. The lowest BCUT2D eigenvalue weighted by molar-refractivity contribution is -0.125. The first kappa shape index (κ1) is 12.1. The van der Waals surface area contributed by atoms with Crippen LogP contribution in [0.25, 0.3) is 0 Å². The van der Waals surface area contributed by atoms with Crippen molar-refractivity contribution in [2.75, 3.05) is 33.4 Å². The molecule has 1 unspecified atom stereocenters. The van der Waals surface area contributed by atoms with Crippen molar-refractivity contribution in [3.05, 3.63) is 22.4 Å². The minimum absolute atomic E-state index is 0.127. The van der Waals surface area contributed by atoms with Gasteiger partial charge in [-0.25, -0.2) is 0 Å². The van der Waals surface area contributed by atoms with E-state index < -0.39 is 0 Å². The fourth-order valence-corrected chi connectivity index (χ4v) is 3.56. The van der Waals surface area contributed by atoms with Crippen LogP contribution in [0.2, 0.25) is 0 Å². The van der Waals surface area contributed by atoms with E-state index >= 15 is 0 Å². The summed E-state index contributed by atoms with van der Waals surface area (Å²) in [6.07, 6.45) is 1.04. The number of carbonyl (C=O) groups excluding carboxylic acids is 1. The van der Waals surface area contributed by atoms with Crippen molar-refractivity contribution in [2.24, 2.45) is 5.92 Å². The maximum absolute atomic E-state index is 12.1. The Labute approximate surface area is 110 Å². The molecule has 98 valence electrons. The summed E-state index contributed by atoms with van der Waals surface area (Å²) in [4.78, 5) is 14.8. The second-order valence-electron chi connectivity index (χ2n) is 4.99. The first-order valence-electron chi connectivity index (χ1n) is 6.21. The van der Waals surface area contributed by atoms with E-state index in [9.17, 15) is 4.79 Å². The molecule has 1 amide bonds. The van der Waals surface area contributed by atoms with Gasteiger partial charge >= 0.3 is 0 Å². The Balaban J connectivity index is 1.64. The molecule has 0 bridgehead atoms. The highest BCUT2D eigenvalue weighted by atomic mass is 32.1. The number of likely N-dealkylation sites (tertiary alicyclic amines) is 1. The normalized spacial score (nSPS) is 25.4. The maximum atomic E-state index is 12.1. The summed E-state index contributed by atoms with van der Waals surface area (Å²) in [5.74, 6) is 0.553. The lowest BCUT2D eigenvalue weighted by Crippen LogP contribution is -2.66. The minimum atomic E-state index is -0.136. The van der Waals surface area contributed by atoms with E-state index in [1.807, 2.05) is 22.4 Å². The largest absolute Gasteiger partial charge is 0.384 e. The molecule has 2 aliphatic rings. The lowest BCUT2D eigenvalue weighted by atomic mass is 9.81. The molecule has 18 heavy (non-hydrogen) atoms. The number of nitrogens with zero attached hydrogens (tertiary/aromatic N) is 1. The molecule has 2 aliphatic heterocycles. The van der Waals surface area contributed by atoms with Crippen LogP contribution < -0.4 is 0 Å². The first-order valence-corrected chi connectivity index (χ1v) is 7.09. The van der Waals surface area contributed by atoms with Gasteiger partial charge in [0.25, 0.3) is 5.91 Å². The van der Waals surface area contributed by atoms with Crippen LogP contribution in [0.3, 0.4) is 0 Å². The Kier molecular flexibility index (Phi) is 3.13. The molecule has 4 nitrogen and oxygen atoms in total. The molecule has 2 saturated heterocycles. The molecule has 3 rings (SSSR count). The molecule has 1 spiro atoms. The summed E-state index contributed by atoms with van der Waals surface area (Å²) < 4.78 is 11.1. The number of amides is 1. The molecule has 0 saturated carbocycles. The number of ether oxygens (including phenoxy) is 2. The standard InChI is InChI=1S/C13H17NO3S/c1-16-7-10-4-5-17-13(10)8-14(9-13)12(15)11-3-2-6-18-11/h2-3,6,10H,4-5,7-9H2,1H3. The summed E-state index contributed by atoms with van der Waals surface area (Å²) in [6, 6.07) is 3.79. The molecule has 5 heteroatoms. The van der Waals surface area contributed by atoms with E-state index in [0.717, 1.165) is 24.5 Å². The molecule has 0 aromatic carbocycles. The fraction of sp³-hybridized carbons (Fsp3) is 0.615. The van der Waals surface area contributed by atoms with Crippen LogP contribution in [-0.4, -0.2) is 49.8 Å². The van der Waals surface area contributed by atoms with Gasteiger partial charge < -0.3 is 14.4 Å². The van der Waals surface area contributed by atoms with Gasteiger partial charge in [-0.2, -0.15) is 0 Å². The Morgan fingerprint density at radius 1 is 1.67 bits per heavy atom. The summed E-state index contributed by atoms with van der Waals surface area (Å²) in [7, 11) is 1.72. The molecule has 2 fully saturated rings. The highest BCUT2D eigenvalue weighted by Gasteiger charge is 2.54. The average Bonchev–Trinajstić information content (AvgIpc) is 2.95. The van der Waals surface area contributed by atoms with Crippen molar-refractivity contribution in [1.82, 2.24) is 4.90 Å². The number of thiophene rings is 1. The van der Waals surface area contributed by atoms with Gasteiger partial charge in [-0.15, -0.1) is 11.3 Å². The SMILES string of the molecule is COCC1CCOC12CN(C(=O)c1cccs1)C2. The van der Waals surface area contributed by atoms with E-state index in [0.29, 0.717) is 19.0 Å². The Bertz CT molecular complexity index is 425. The van der Waals surface area contributed by atoms with E-state index in [1.165, 1.54) is 11.3 Å². The molecular weight excluding hydrogens is 250 g/mol. The van der Waals surface area contributed by atoms with Gasteiger partial charge in [0.05, 0.1) is 24.6 Å². The summed E-state index contributed by atoms with van der Waals surface area (Å²) in [6.45, 7) is 2.92. The number of hydrogen-bond acceptors (Lipinski definition) is 4. The second-order valence-corrected chi connectivity index (χ2v) is 5.94. The molecule has 1 atom stereocenters. The third-order valence-electron chi connectivity index (χ3n) is 3.90.